The highest BCUT2D eigenvalue weighted by Crippen LogP contribution is 2.20. The number of rotatable bonds is 3. The Morgan fingerprint density at radius 3 is 2.77 bits per heavy atom. The third-order valence-corrected chi connectivity index (χ3v) is 3.64. The van der Waals surface area contributed by atoms with Gasteiger partial charge in [-0.2, -0.15) is 5.26 Å². The first-order valence-electron chi connectivity index (χ1n) is 5.79. The highest BCUT2D eigenvalue weighted by atomic mass is 32.2. The van der Waals surface area contributed by atoms with Crippen molar-refractivity contribution >= 4 is 21.6 Å². The van der Waals surface area contributed by atoms with Gasteiger partial charge in [0.25, 0.3) is 5.91 Å². The number of nitrogens with two attached hydrogens (primary N) is 1. The van der Waals surface area contributed by atoms with E-state index in [9.17, 15) is 17.6 Å². The van der Waals surface area contributed by atoms with Crippen LogP contribution >= 0.6 is 0 Å². The fourth-order valence-corrected chi connectivity index (χ4v) is 2.44. The molecule has 10 heteroatoms. The summed E-state index contributed by atoms with van der Waals surface area (Å²) in [7, 11) is -2.98. The lowest BCUT2D eigenvalue weighted by atomic mass is 10.3. The van der Waals surface area contributed by atoms with Crippen LogP contribution in [-0.2, 0) is 17.1 Å². The number of aryl methyl sites for hydroxylation is 1. The Labute approximate surface area is 125 Å². The van der Waals surface area contributed by atoms with Crippen LogP contribution in [0.15, 0.2) is 29.4 Å². The molecule has 22 heavy (non-hydrogen) atoms. The second-order valence-electron chi connectivity index (χ2n) is 4.31. The number of nitrogens with one attached hydrogen (secondary N) is 1. The van der Waals surface area contributed by atoms with E-state index in [1.807, 2.05) is 0 Å². The molecule has 3 N–H and O–H groups in total. The van der Waals surface area contributed by atoms with Crippen LogP contribution < -0.4 is 10.5 Å². The molecule has 2 rings (SSSR count). The zero-order valence-corrected chi connectivity index (χ0v) is 12.1. The van der Waals surface area contributed by atoms with Crippen LogP contribution in [-0.4, -0.2) is 23.9 Å². The van der Waals surface area contributed by atoms with Gasteiger partial charge in [-0.3, -0.25) is 4.79 Å². The number of nitriles is 1. The predicted molar refractivity (Wildman–Crippen MR) is 73.6 cm³/mol. The summed E-state index contributed by atoms with van der Waals surface area (Å²) in [4.78, 5) is 15.0. The number of aromatic nitrogens is 2. The molecule has 8 nitrogen and oxygen atoms in total. The van der Waals surface area contributed by atoms with Crippen molar-refractivity contribution in [2.45, 2.75) is 4.90 Å². The molecule has 114 valence electrons. The summed E-state index contributed by atoms with van der Waals surface area (Å²) in [5.74, 6) is -2.12. The van der Waals surface area contributed by atoms with Crippen LogP contribution in [0.25, 0.3) is 0 Å². The number of hydrogen-bond acceptors (Lipinski definition) is 5. The number of nitrogens with zero attached hydrogens (tertiary/aromatic N) is 3. The van der Waals surface area contributed by atoms with Crippen molar-refractivity contribution in [2.75, 3.05) is 5.32 Å². The van der Waals surface area contributed by atoms with Crippen molar-refractivity contribution in [2.24, 2.45) is 12.2 Å². The lowest BCUT2D eigenvalue weighted by Gasteiger charge is -2.06. The van der Waals surface area contributed by atoms with Gasteiger partial charge < -0.3 is 9.88 Å². The first kappa shape index (κ1) is 15.6. The Morgan fingerprint density at radius 2 is 2.23 bits per heavy atom. The quantitative estimate of drug-likeness (QED) is 0.840. The second-order valence-corrected chi connectivity index (χ2v) is 5.84. The standard InChI is InChI=1S/C12H10FN5O3S/c1-18-6-9(22(15,20)21)10(13)11(18)12(19)17-7-2-3-16-8(4-7)5-14/h2-4,6H,1H3,(H2,15,20,21)(H,16,17,19). The molecule has 0 atom stereocenters. The van der Waals surface area contributed by atoms with Gasteiger partial charge in [0, 0.05) is 25.1 Å². The smallest absolute Gasteiger partial charge is 0.275 e. The number of amides is 1. The lowest BCUT2D eigenvalue weighted by Crippen LogP contribution is -2.18. The minimum absolute atomic E-state index is 0.0652. The molecule has 0 aliphatic carbocycles. The minimum Gasteiger partial charge on any atom is -0.343 e. The molecule has 1 amide bonds. The zero-order valence-electron chi connectivity index (χ0n) is 11.2. The SMILES string of the molecule is Cn1cc(S(N)(=O)=O)c(F)c1C(=O)Nc1ccnc(C#N)c1. The normalized spacial score (nSPS) is 11.0. The number of carbonyl (C=O) groups excluding carboxylic acids is 1. The van der Waals surface area contributed by atoms with Crippen molar-refractivity contribution in [1.82, 2.24) is 9.55 Å². The summed E-state index contributed by atoms with van der Waals surface area (Å²) < 4.78 is 37.6. The Bertz CT molecular complexity index is 898. The van der Waals surface area contributed by atoms with E-state index < -0.39 is 32.3 Å². The molecule has 2 heterocycles. The number of sulfonamides is 1. The topological polar surface area (TPSA) is 131 Å². The number of carbonyl (C=O) groups is 1. The van der Waals surface area contributed by atoms with Crippen LogP contribution in [0, 0.1) is 17.1 Å². The van der Waals surface area contributed by atoms with E-state index in [1.165, 1.54) is 25.4 Å². The number of primary sulfonamides is 1. The fourth-order valence-electron chi connectivity index (χ4n) is 1.79. The van der Waals surface area contributed by atoms with Crippen molar-refractivity contribution in [3.8, 4) is 6.07 Å². The average molecular weight is 323 g/mol. The molecular formula is C12H10FN5O3S. The summed E-state index contributed by atoms with van der Waals surface area (Å²) in [6.45, 7) is 0. The van der Waals surface area contributed by atoms with Gasteiger partial charge in [0.1, 0.15) is 22.4 Å². The Kier molecular flexibility index (Phi) is 3.94. The largest absolute Gasteiger partial charge is 0.343 e. The van der Waals surface area contributed by atoms with Crippen molar-refractivity contribution < 1.29 is 17.6 Å². The molecule has 2 aromatic rings. The maximum atomic E-state index is 14.1. The fraction of sp³-hybridized carbons (Fsp3) is 0.0833. The van der Waals surface area contributed by atoms with Crippen molar-refractivity contribution in [1.29, 1.82) is 5.26 Å². The van der Waals surface area contributed by atoms with Crippen LogP contribution in [0.1, 0.15) is 16.2 Å². The number of pyridine rings is 1. The van der Waals surface area contributed by atoms with E-state index in [0.717, 1.165) is 10.8 Å². The summed E-state index contributed by atoms with van der Waals surface area (Å²) in [5.41, 5.74) is -0.218. The molecule has 0 aliphatic heterocycles. The Hall–Kier alpha value is -2.77. The number of hydrogen-bond donors (Lipinski definition) is 2. The molecule has 2 aromatic heterocycles. The van der Waals surface area contributed by atoms with E-state index in [2.05, 4.69) is 10.3 Å². The van der Waals surface area contributed by atoms with Gasteiger partial charge in [0.05, 0.1) is 0 Å². The Morgan fingerprint density at radius 1 is 1.55 bits per heavy atom. The van der Waals surface area contributed by atoms with Gasteiger partial charge in [-0.25, -0.2) is 22.9 Å². The molecule has 0 saturated heterocycles. The molecule has 0 spiro atoms. The van der Waals surface area contributed by atoms with E-state index >= 15 is 0 Å². The van der Waals surface area contributed by atoms with Crippen LogP contribution in [0.5, 0.6) is 0 Å². The summed E-state index contributed by atoms with van der Waals surface area (Å²) in [6, 6.07) is 4.48. The van der Waals surface area contributed by atoms with Gasteiger partial charge in [-0.1, -0.05) is 0 Å². The molecular weight excluding hydrogens is 313 g/mol. The van der Waals surface area contributed by atoms with Gasteiger partial charge in [0.15, 0.2) is 5.82 Å². The maximum absolute atomic E-state index is 14.1. The molecule has 0 radical (unpaired) electrons. The average Bonchev–Trinajstić information content (AvgIpc) is 2.74. The minimum atomic E-state index is -4.28. The molecule has 0 aliphatic rings. The van der Waals surface area contributed by atoms with E-state index in [0.29, 0.717) is 0 Å². The van der Waals surface area contributed by atoms with Gasteiger partial charge in [0.2, 0.25) is 10.0 Å². The molecule has 0 bridgehead atoms. The summed E-state index contributed by atoms with van der Waals surface area (Å²) >= 11 is 0. The molecule has 0 unspecified atom stereocenters. The predicted octanol–water partition coefficient (Wildman–Crippen LogP) is 0.331. The highest BCUT2D eigenvalue weighted by molar-refractivity contribution is 7.89. The van der Waals surface area contributed by atoms with Gasteiger partial charge in [-0.05, 0) is 12.1 Å². The van der Waals surface area contributed by atoms with E-state index in [1.54, 1.807) is 6.07 Å². The summed E-state index contributed by atoms with van der Waals surface area (Å²) in [5, 5.41) is 16.0. The van der Waals surface area contributed by atoms with E-state index in [4.69, 9.17) is 10.4 Å². The first-order valence-corrected chi connectivity index (χ1v) is 7.34. The van der Waals surface area contributed by atoms with Gasteiger partial charge in [-0.15, -0.1) is 0 Å². The molecule has 0 aromatic carbocycles. The molecule has 0 fully saturated rings. The third-order valence-electron chi connectivity index (χ3n) is 2.74. The van der Waals surface area contributed by atoms with Crippen molar-refractivity contribution in [3.63, 3.8) is 0 Å². The maximum Gasteiger partial charge on any atom is 0.275 e. The number of halogens is 1. The van der Waals surface area contributed by atoms with Crippen molar-refractivity contribution in [3.05, 3.63) is 41.7 Å². The zero-order chi connectivity index (χ0) is 16.5. The second kappa shape index (κ2) is 5.55. The third kappa shape index (κ3) is 2.95. The number of anilines is 1. The Balaban J connectivity index is 2.39. The van der Waals surface area contributed by atoms with Crippen LogP contribution in [0.4, 0.5) is 10.1 Å². The van der Waals surface area contributed by atoms with Gasteiger partial charge >= 0.3 is 0 Å². The van der Waals surface area contributed by atoms with Crippen LogP contribution in [0.3, 0.4) is 0 Å². The molecule has 0 saturated carbocycles. The van der Waals surface area contributed by atoms with E-state index in [-0.39, 0.29) is 11.4 Å². The summed E-state index contributed by atoms with van der Waals surface area (Å²) in [6.07, 6.45) is 2.21. The van der Waals surface area contributed by atoms with Crippen LogP contribution in [0.2, 0.25) is 0 Å². The lowest BCUT2D eigenvalue weighted by molar-refractivity contribution is 0.101. The highest BCUT2D eigenvalue weighted by Gasteiger charge is 2.26. The first-order chi connectivity index (χ1) is 10.2. The monoisotopic (exact) mass is 323 g/mol.